The molecule has 0 aliphatic carbocycles. The van der Waals surface area contributed by atoms with Crippen molar-refractivity contribution < 1.29 is 14.7 Å². The van der Waals surface area contributed by atoms with Crippen molar-refractivity contribution in [3.8, 4) is 6.07 Å². The van der Waals surface area contributed by atoms with Gasteiger partial charge in [0.1, 0.15) is 6.04 Å². The smallest absolute Gasteiger partial charge is 0.326 e. The fourth-order valence-electron chi connectivity index (χ4n) is 2.78. The van der Waals surface area contributed by atoms with Gasteiger partial charge in [0.05, 0.1) is 11.6 Å². The van der Waals surface area contributed by atoms with Gasteiger partial charge in [0.2, 0.25) is 0 Å². The van der Waals surface area contributed by atoms with E-state index in [9.17, 15) is 14.7 Å². The average molecular weight is 344 g/mol. The summed E-state index contributed by atoms with van der Waals surface area (Å²) in [5, 5.41) is 22.9. The van der Waals surface area contributed by atoms with E-state index in [1.807, 2.05) is 36.4 Å². The number of aliphatic carboxylic acids is 1. The van der Waals surface area contributed by atoms with Crippen molar-refractivity contribution >= 4 is 22.6 Å². The van der Waals surface area contributed by atoms with Crippen molar-refractivity contribution in [1.82, 2.24) is 5.32 Å². The number of nitrogens with zero attached hydrogens (tertiary/aromatic N) is 1. The van der Waals surface area contributed by atoms with Gasteiger partial charge in [-0.3, -0.25) is 4.79 Å². The van der Waals surface area contributed by atoms with Gasteiger partial charge in [-0.2, -0.15) is 5.26 Å². The third-order valence-corrected chi connectivity index (χ3v) is 4.11. The van der Waals surface area contributed by atoms with E-state index in [2.05, 4.69) is 5.32 Å². The Hall–Kier alpha value is -3.65. The second-order valence-corrected chi connectivity index (χ2v) is 5.94. The molecule has 1 atom stereocenters. The summed E-state index contributed by atoms with van der Waals surface area (Å²) in [7, 11) is 0. The lowest BCUT2D eigenvalue weighted by molar-refractivity contribution is -0.139. The maximum absolute atomic E-state index is 12.5. The summed E-state index contributed by atoms with van der Waals surface area (Å²) in [6.45, 7) is 0. The number of rotatable bonds is 5. The molecule has 3 rings (SSSR count). The molecule has 26 heavy (non-hydrogen) atoms. The van der Waals surface area contributed by atoms with Crippen LogP contribution in [0.3, 0.4) is 0 Å². The van der Waals surface area contributed by atoms with Gasteiger partial charge in [0.15, 0.2) is 0 Å². The van der Waals surface area contributed by atoms with Crippen LogP contribution in [0.25, 0.3) is 10.8 Å². The maximum atomic E-state index is 12.5. The zero-order valence-corrected chi connectivity index (χ0v) is 13.8. The summed E-state index contributed by atoms with van der Waals surface area (Å²) in [5.41, 5.74) is 1.53. The molecule has 0 fully saturated rings. The highest BCUT2D eigenvalue weighted by Gasteiger charge is 2.21. The van der Waals surface area contributed by atoms with Crippen molar-refractivity contribution in [2.45, 2.75) is 12.5 Å². The Kier molecular flexibility index (Phi) is 4.95. The quantitative estimate of drug-likeness (QED) is 0.744. The van der Waals surface area contributed by atoms with E-state index < -0.39 is 17.9 Å². The standard InChI is InChI=1S/C21H16N2O3/c22-13-15-5-3-4-14(10-15)11-19(21(25)26)23-20(24)18-9-8-16-6-1-2-7-17(16)12-18/h1-10,12,19H,11H2,(H,23,24)(H,25,26)/t19-/m0/s1. The molecule has 0 bridgehead atoms. The van der Waals surface area contributed by atoms with Gasteiger partial charge < -0.3 is 10.4 Å². The topological polar surface area (TPSA) is 90.2 Å². The Morgan fingerprint density at radius 3 is 2.50 bits per heavy atom. The predicted molar refractivity (Wildman–Crippen MR) is 97.7 cm³/mol. The number of nitrogens with one attached hydrogen (secondary N) is 1. The first-order valence-corrected chi connectivity index (χ1v) is 8.08. The molecule has 0 aliphatic rings. The second-order valence-electron chi connectivity index (χ2n) is 5.94. The Morgan fingerprint density at radius 2 is 1.77 bits per heavy atom. The highest BCUT2D eigenvalue weighted by Crippen LogP contribution is 2.16. The second kappa shape index (κ2) is 7.49. The molecule has 1 amide bonds. The van der Waals surface area contributed by atoms with E-state index in [0.29, 0.717) is 16.7 Å². The third kappa shape index (κ3) is 3.87. The number of fused-ring (bicyclic) bond motifs is 1. The number of hydrogen-bond acceptors (Lipinski definition) is 3. The lowest BCUT2D eigenvalue weighted by atomic mass is 10.0. The van der Waals surface area contributed by atoms with Crippen molar-refractivity contribution in [3.63, 3.8) is 0 Å². The normalized spacial score (nSPS) is 11.5. The van der Waals surface area contributed by atoms with Gasteiger partial charge in [0, 0.05) is 12.0 Å². The molecule has 0 heterocycles. The van der Waals surface area contributed by atoms with Gasteiger partial charge >= 0.3 is 5.97 Å². The van der Waals surface area contributed by atoms with E-state index in [1.54, 1.807) is 36.4 Å². The molecule has 5 nitrogen and oxygen atoms in total. The number of carbonyl (C=O) groups excluding carboxylic acids is 1. The molecule has 3 aromatic rings. The number of amides is 1. The summed E-state index contributed by atoms with van der Waals surface area (Å²) in [6.07, 6.45) is 0.101. The number of carboxylic acid groups (broad SMARTS) is 1. The Bertz CT molecular complexity index is 1020. The Balaban J connectivity index is 1.79. The largest absolute Gasteiger partial charge is 0.480 e. The Morgan fingerprint density at radius 1 is 1.00 bits per heavy atom. The van der Waals surface area contributed by atoms with Crippen molar-refractivity contribution in [3.05, 3.63) is 83.4 Å². The van der Waals surface area contributed by atoms with Crippen molar-refractivity contribution in [1.29, 1.82) is 5.26 Å². The van der Waals surface area contributed by atoms with Crippen LogP contribution >= 0.6 is 0 Å². The first kappa shape index (κ1) is 17.2. The highest BCUT2D eigenvalue weighted by molar-refractivity contribution is 6.00. The maximum Gasteiger partial charge on any atom is 0.326 e. The van der Waals surface area contributed by atoms with Crippen LogP contribution in [-0.2, 0) is 11.2 Å². The molecule has 0 unspecified atom stereocenters. The van der Waals surface area contributed by atoms with E-state index in [0.717, 1.165) is 10.8 Å². The van der Waals surface area contributed by atoms with E-state index in [4.69, 9.17) is 5.26 Å². The van der Waals surface area contributed by atoms with Crippen LogP contribution in [0.4, 0.5) is 0 Å². The van der Waals surface area contributed by atoms with E-state index in [-0.39, 0.29) is 6.42 Å². The van der Waals surface area contributed by atoms with Gasteiger partial charge in [-0.25, -0.2) is 4.79 Å². The first-order chi connectivity index (χ1) is 12.6. The zero-order valence-electron chi connectivity index (χ0n) is 13.8. The van der Waals surface area contributed by atoms with Crippen LogP contribution in [0.15, 0.2) is 66.7 Å². The molecule has 128 valence electrons. The molecule has 2 N–H and O–H groups in total. The molecular weight excluding hydrogens is 328 g/mol. The SMILES string of the molecule is N#Cc1cccc(C[C@H](NC(=O)c2ccc3ccccc3c2)C(=O)O)c1. The lowest BCUT2D eigenvalue weighted by Crippen LogP contribution is -2.42. The van der Waals surface area contributed by atoms with Crippen molar-refractivity contribution in [2.75, 3.05) is 0 Å². The summed E-state index contributed by atoms with van der Waals surface area (Å²) in [6, 6.07) is 20.5. The number of hydrogen-bond donors (Lipinski definition) is 2. The fraction of sp³-hybridized carbons (Fsp3) is 0.0952. The van der Waals surface area contributed by atoms with Gasteiger partial charge in [-0.05, 0) is 40.6 Å². The molecule has 3 aromatic carbocycles. The molecule has 5 heteroatoms. The molecule has 0 aliphatic heterocycles. The number of benzene rings is 3. The van der Waals surface area contributed by atoms with Gasteiger partial charge in [0.25, 0.3) is 5.91 Å². The zero-order chi connectivity index (χ0) is 18.5. The molecule has 0 saturated heterocycles. The number of carbonyl (C=O) groups is 2. The summed E-state index contributed by atoms with van der Waals surface area (Å²) in [4.78, 5) is 24.0. The van der Waals surface area contributed by atoms with Crippen LogP contribution in [0, 0.1) is 11.3 Å². The van der Waals surface area contributed by atoms with Crippen LogP contribution in [0.1, 0.15) is 21.5 Å². The minimum Gasteiger partial charge on any atom is -0.480 e. The highest BCUT2D eigenvalue weighted by atomic mass is 16.4. The third-order valence-electron chi connectivity index (χ3n) is 4.11. The summed E-state index contributed by atoms with van der Waals surface area (Å²) >= 11 is 0. The molecule has 0 radical (unpaired) electrons. The molecule has 0 aromatic heterocycles. The minimum atomic E-state index is -1.12. The lowest BCUT2D eigenvalue weighted by Gasteiger charge is -2.15. The predicted octanol–water partition coefficient (Wildman–Crippen LogP) is 3.14. The monoisotopic (exact) mass is 344 g/mol. The molecule has 0 spiro atoms. The summed E-state index contributed by atoms with van der Waals surface area (Å²) in [5.74, 6) is -1.57. The number of nitriles is 1. The van der Waals surface area contributed by atoms with E-state index in [1.165, 1.54) is 0 Å². The Labute approximate surface area is 150 Å². The van der Waals surface area contributed by atoms with Crippen LogP contribution in [-0.4, -0.2) is 23.0 Å². The van der Waals surface area contributed by atoms with Crippen LogP contribution < -0.4 is 5.32 Å². The van der Waals surface area contributed by atoms with Gasteiger partial charge in [-0.15, -0.1) is 0 Å². The van der Waals surface area contributed by atoms with Crippen LogP contribution in [0.5, 0.6) is 0 Å². The first-order valence-electron chi connectivity index (χ1n) is 8.08. The summed E-state index contributed by atoms with van der Waals surface area (Å²) < 4.78 is 0. The average Bonchev–Trinajstić information content (AvgIpc) is 2.67. The molecular formula is C21H16N2O3. The van der Waals surface area contributed by atoms with Gasteiger partial charge in [-0.1, -0.05) is 42.5 Å². The molecule has 0 saturated carbocycles. The van der Waals surface area contributed by atoms with Crippen LogP contribution in [0.2, 0.25) is 0 Å². The fourth-order valence-corrected chi connectivity index (χ4v) is 2.78. The van der Waals surface area contributed by atoms with E-state index >= 15 is 0 Å². The minimum absolute atomic E-state index is 0.101. The van der Waals surface area contributed by atoms with Crippen molar-refractivity contribution in [2.24, 2.45) is 0 Å². The number of carboxylic acids is 1.